The minimum Gasteiger partial charge on any atom is -0.478 e. The molecule has 7 heteroatoms. The van der Waals surface area contributed by atoms with E-state index in [1.54, 1.807) is 6.92 Å². The molecule has 0 aromatic heterocycles. The van der Waals surface area contributed by atoms with Crippen molar-refractivity contribution in [1.82, 2.24) is 0 Å². The van der Waals surface area contributed by atoms with Gasteiger partial charge >= 0.3 is 11.9 Å². The smallest absolute Gasteiger partial charge is 0.345 e. The minimum atomic E-state index is -1.16. The zero-order valence-corrected chi connectivity index (χ0v) is 14.1. The molecule has 20 heavy (non-hydrogen) atoms. The van der Waals surface area contributed by atoms with Crippen LogP contribution in [0.3, 0.4) is 0 Å². The Balaban J connectivity index is 4.40. The van der Waals surface area contributed by atoms with Crippen molar-refractivity contribution in [3.05, 3.63) is 0 Å². The van der Waals surface area contributed by atoms with Gasteiger partial charge in [-0.25, -0.2) is 4.79 Å². The zero-order valence-electron chi connectivity index (χ0n) is 12.5. The first kappa shape index (κ1) is 19.3. The Morgan fingerprint density at radius 2 is 1.75 bits per heavy atom. The van der Waals surface area contributed by atoms with Crippen LogP contribution < -0.4 is 0 Å². The third kappa shape index (κ3) is 9.25. The largest absolute Gasteiger partial charge is 0.478 e. The summed E-state index contributed by atoms with van der Waals surface area (Å²) in [6, 6.07) is 0. The van der Waals surface area contributed by atoms with Gasteiger partial charge in [0.05, 0.1) is 5.92 Å². The molecule has 0 radical (unpaired) electrons. The molecule has 0 aromatic carbocycles. The van der Waals surface area contributed by atoms with Crippen LogP contribution in [0.15, 0.2) is 0 Å². The zero-order chi connectivity index (χ0) is 15.9. The number of rotatable bonds is 7. The summed E-state index contributed by atoms with van der Waals surface area (Å²) in [6.45, 7) is 8.93. The van der Waals surface area contributed by atoms with E-state index in [9.17, 15) is 14.4 Å². The van der Waals surface area contributed by atoms with Gasteiger partial charge < -0.3 is 9.84 Å². The van der Waals surface area contributed by atoms with Gasteiger partial charge in [0, 0.05) is 23.2 Å². The van der Waals surface area contributed by atoms with Crippen LogP contribution in [0.25, 0.3) is 0 Å². The molecule has 116 valence electrons. The maximum Gasteiger partial charge on any atom is 0.345 e. The summed E-state index contributed by atoms with van der Waals surface area (Å²) in [5.41, 5.74) is 0. The molecular weight excluding hydrogens is 300 g/mol. The molecule has 0 rings (SSSR count). The highest BCUT2D eigenvalue weighted by Gasteiger charge is 2.27. The number of aliphatic carboxylic acids is 1. The fourth-order valence-corrected chi connectivity index (χ4v) is 2.53. The van der Waals surface area contributed by atoms with Crippen molar-refractivity contribution in [3.63, 3.8) is 0 Å². The van der Waals surface area contributed by atoms with Gasteiger partial charge in [0.15, 0.2) is 5.12 Å². The molecular formula is C13H22O5S2. The molecule has 0 amide bonds. The SMILES string of the molecule is CC(=O)SC[C@@H](C)C(=O)O[C@@H](CSC(C)(C)C)C(=O)O. The second-order valence-corrected chi connectivity index (χ2v) is 8.43. The van der Waals surface area contributed by atoms with E-state index in [1.807, 2.05) is 20.8 Å². The predicted molar refractivity (Wildman–Crippen MR) is 82.0 cm³/mol. The Morgan fingerprint density at radius 1 is 1.20 bits per heavy atom. The lowest BCUT2D eigenvalue weighted by Gasteiger charge is -2.21. The lowest BCUT2D eigenvalue weighted by atomic mass is 10.2. The number of carboxylic acids is 1. The Bertz CT molecular complexity index is 362. The summed E-state index contributed by atoms with van der Waals surface area (Å²) in [5.74, 6) is -1.74. The number of esters is 1. The molecule has 0 spiro atoms. The maximum absolute atomic E-state index is 11.8. The van der Waals surface area contributed by atoms with Crippen molar-refractivity contribution in [2.24, 2.45) is 5.92 Å². The van der Waals surface area contributed by atoms with Crippen molar-refractivity contribution >= 4 is 40.6 Å². The third-order valence-electron chi connectivity index (χ3n) is 2.14. The van der Waals surface area contributed by atoms with Gasteiger partial charge in [-0.05, 0) is 0 Å². The van der Waals surface area contributed by atoms with Gasteiger partial charge in [-0.15, -0.1) is 0 Å². The van der Waals surface area contributed by atoms with E-state index in [0.29, 0.717) is 5.75 Å². The predicted octanol–water partition coefficient (Wildman–Crippen LogP) is 2.43. The average molecular weight is 322 g/mol. The van der Waals surface area contributed by atoms with Gasteiger partial charge in [-0.1, -0.05) is 39.5 Å². The molecule has 0 saturated heterocycles. The molecule has 0 saturated carbocycles. The van der Waals surface area contributed by atoms with E-state index in [-0.39, 0.29) is 15.6 Å². The van der Waals surface area contributed by atoms with E-state index in [0.717, 1.165) is 11.8 Å². The summed E-state index contributed by atoms with van der Waals surface area (Å²) >= 11 is 2.45. The van der Waals surface area contributed by atoms with Gasteiger partial charge in [-0.3, -0.25) is 9.59 Å². The molecule has 1 N–H and O–H groups in total. The van der Waals surface area contributed by atoms with Crippen LogP contribution in [0.1, 0.15) is 34.6 Å². The topological polar surface area (TPSA) is 80.7 Å². The molecule has 0 heterocycles. The van der Waals surface area contributed by atoms with Crippen LogP contribution in [-0.2, 0) is 19.1 Å². The van der Waals surface area contributed by atoms with E-state index >= 15 is 0 Å². The van der Waals surface area contributed by atoms with E-state index in [2.05, 4.69) is 0 Å². The van der Waals surface area contributed by atoms with Crippen LogP contribution in [-0.4, -0.2) is 44.5 Å². The second kappa shape index (κ2) is 8.56. The van der Waals surface area contributed by atoms with Crippen molar-refractivity contribution in [1.29, 1.82) is 0 Å². The quantitative estimate of drug-likeness (QED) is 0.721. The van der Waals surface area contributed by atoms with Crippen molar-refractivity contribution in [2.45, 2.75) is 45.5 Å². The molecule has 0 bridgehead atoms. The monoisotopic (exact) mass is 322 g/mol. The molecule has 5 nitrogen and oxygen atoms in total. The second-order valence-electron chi connectivity index (χ2n) is 5.39. The highest BCUT2D eigenvalue weighted by atomic mass is 32.2. The van der Waals surface area contributed by atoms with Gasteiger partial charge in [-0.2, -0.15) is 11.8 Å². The number of hydrogen-bond acceptors (Lipinski definition) is 6. The number of carbonyl (C=O) groups excluding carboxylic acids is 2. The van der Waals surface area contributed by atoms with Crippen LogP contribution in [0, 0.1) is 5.92 Å². The lowest BCUT2D eigenvalue weighted by molar-refractivity contribution is -0.164. The summed E-state index contributed by atoms with van der Waals surface area (Å²) in [7, 11) is 0. The molecule has 0 aliphatic rings. The molecule has 0 fully saturated rings. The Hall–Kier alpha value is -0.690. The number of hydrogen-bond donors (Lipinski definition) is 1. The van der Waals surface area contributed by atoms with Crippen LogP contribution in [0.5, 0.6) is 0 Å². The van der Waals surface area contributed by atoms with Crippen LogP contribution in [0.4, 0.5) is 0 Å². The maximum atomic E-state index is 11.8. The van der Waals surface area contributed by atoms with Crippen molar-refractivity contribution in [3.8, 4) is 0 Å². The summed E-state index contributed by atoms with van der Waals surface area (Å²) in [4.78, 5) is 33.7. The Morgan fingerprint density at radius 3 is 2.15 bits per heavy atom. The van der Waals surface area contributed by atoms with Crippen molar-refractivity contribution < 1.29 is 24.2 Å². The molecule has 2 atom stereocenters. The standard InChI is InChI=1S/C13H22O5S2/c1-8(6-19-9(2)14)12(17)18-10(11(15)16)7-20-13(3,4)5/h8,10H,6-7H2,1-5H3,(H,15,16)/t8-,10+/m1/s1. The minimum absolute atomic E-state index is 0.0808. The average Bonchev–Trinajstić information content (AvgIpc) is 2.29. The number of carbonyl (C=O) groups is 3. The fourth-order valence-electron chi connectivity index (χ4n) is 1.05. The molecule has 0 aromatic rings. The summed E-state index contributed by atoms with van der Waals surface area (Å²) in [6.07, 6.45) is -1.16. The normalized spacial score (nSPS) is 14.4. The fraction of sp³-hybridized carbons (Fsp3) is 0.769. The molecule has 0 aliphatic heterocycles. The highest BCUT2D eigenvalue weighted by Crippen LogP contribution is 2.25. The van der Waals surface area contributed by atoms with E-state index in [4.69, 9.17) is 9.84 Å². The van der Waals surface area contributed by atoms with Gasteiger partial charge in [0.1, 0.15) is 0 Å². The lowest BCUT2D eigenvalue weighted by Crippen LogP contribution is -2.33. The number of ether oxygens (including phenoxy) is 1. The highest BCUT2D eigenvalue weighted by molar-refractivity contribution is 8.13. The van der Waals surface area contributed by atoms with Crippen LogP contribution in [0.2, 0.25) is 0 Å². The summed E-state index contributed by atoms with van der Waals surface area (Å²) in [5, 5.41) is 8.99. The van der Waals surface area contributed by atoms with Gasteiger partial charge in [0.25, 0.3) is 0 Å². The van der Waals surface area contributed by atoms with Crippen molar-refractivity contribution in [2.75, 3.05) is 11.5 Å². The first-order chi connectivity index (χ1) is 9.03. The number of carboxylic acid groups (broad SMARTS) is 1. The first-order valence-corrected chi connectivity index (χ1v) is 8.20. The molecule has 0 aliphatic carbocycles. The Labute approximate surface area is 128 Å². The summed E-state index contributed by atoms with van der Waals surface area (Å²) < 4.78 is 4.92. The number of thioether (sulfide) groups is 2. The first-order valence-electron chi connectivity index (χ1n) is 6.23. The Kier molecular flexibility index (Phi) is 8.27. The van der Waals surface area contributed by atoms with Gasteiger partial charge in [0.2, 0.25) is 6.10 Å². The van der Waals surface area contributed by atoms with Crippen LogP contribution >= 0.6 is 23.5 Å². The third-order valence-corrected chi connectivity index (χ3v) is 4.55. The van der Waals surface area contributed by atoms with E-state index in [1.165, 1.54) is 18.7 Å². The van der Waals surface area contributed by atoms with E-state index < -0.39 is 24.0 Å². The molecule has 0 unspecified atom stereocenters.